The molecule has 0 unspecified atom stereocenters. The Morgan fingerprint density at radius 1 is 1.06 bits per heavy atom. The highest BCUT2D eigenvalue weighted by Crippen LogP contribution is 2.17. The van der Waals surface area contributed by atoms with Crippen molar-refractivity contribution in [3.63, 3.8) is 0 Å². The molecule has 0 bridgehead atoms. The molecule has 2 aromatic carbocycles. The van der Waals surface area contributed by atoms with Gasteiger partial charge in [0.05, 0.1) is 0 Å². The standard InChI is InChI=1S/C16H17NO/c1-2-12-8-9-15(17)14(10-12)16(18)11-13-6-4-3-5-7-13/h3-10H,2,11,17H2,1H3. The average Bonchev–Trinajstić information content (AvgIpc) is 2.40. The van der Waals surface area contributed by atoms with Crippen molar-refractivity contribution in [2.45, 2.75) is 19.8 Å². The van der Waals surface area contributed by atoms with E-state index in [1.807, 2.05) is 48.5 Å². The van der Waals surface area contributed by atoms with Gasteiger partial charge in [-0.25, -0.2) is 0 Å². The molecule has 0 aliphatic carbocycles. The van der Waals surface area contributed by atoms with Gasteiger partial charge in [0.15, 0.2) is 5.78 Å². The van der Waals surface area contributed by atoms with Gasteiger partial charge in [-0.1, -0.05) is 43.3 Å². The maximum absolute atomic E-state index is 12.2. The van der Waals surface area contributed by atoms with Gasteiger partial charge >= 0.3 is 0 Å². The van der Waals surface area contributed by atoms with Crippen LogP contribution in [0.15, 0.2) is 48.5 Å². The molecule has 2 heteroatoms. The second-order valence-corrected chi connectivity index (χ2v) is 4.36. The maximum atomic E-state index is 12.2. The molecule has 0 radical (unpaired) electrons. The van der Waals surface area contributed by atoms with Crippen molar-refractivity contribution in [1.82, 2.24) is 0 Å². The Kier molecular flexibility index (Phi) is 3.78. The van der Waals surface area contributed by atoms with Crippen LogP contribution >= 0.6 is 0 Å². The molecule has 0 heterocycles. The van der Waals surface area contributed by atoms with E-state index in [0.717, 1.165) is 17.5 Å². The molecule has 0 fully saturated rings. The van der Waals surface area contributed by atoms with Crippen LogP contribution in [0.3, 0.4) is 0 Å². The van der Waals surface area contributed by atoms with Gasteiger partial charge in [0.25, 0.3) is 0 Å². The SMILES string of the molecule is CCc1ccc(N)c(C(=O)Cc2ccccc2)c1. The van der Waals surface area contributed by atoms with Gasteiger partial charge in [-0.3, -0.25) is 4.79 Å². The topological polar surface area (TPSA) is 43.1 Å². The third-order valence-corrected chi connectivity index (χ3v) is 3.03. The summed E-state index contributed by atoms with van der Waals surface area (Å²) in [4.78, 5) is 12.2. The lowest BCUT2D eigenvalue weighted by atomic mass is 9.99. The van der Waals surface area contributed by atoms with Gasteiger partial charge < -0.3 is 5.73 Å². The fourth-order valence-electron chi connectivity index (χ4n) is 1.94. The first-order valence-corrected chi connectivity index (χ1v) is 6.16. The Balaban J connectivity index is 2.23. The van der Waals surface area contributed by atoms with E-state index in [9.17, 15) is 4.79 Å². The largest absolute Gasteiger partial charge is 0.398 e. The molecule has 0 saturated heterocycles. The van der Waals surface area contributed by atoms with Crippen molar-refractivity contribution in [1.29, 1.82) is 0 Å². The van der Waals surface area contributed by atoms with Crippen LogP contribution in [-0.2, 0) is 12.8 Å². The van der Waals surface area contributed by atoms with E-state index in [4.69, 9.17) is 5.73 Å². The molecule has 0 atom stereocenters. The van der Waals surface area contributed by atoms with Crippen molar-refractivity contribution < 1.29 is 4.79 Å². The number of benzene rings is 2. The Bertz CT molecular complexity index is 546. The summed E-state index contributed by atoms with van der Waals surface area (Å²) < 4.78 is 0. The fraction of sp³-hybridized carbons (Fsp3) is 0.188. The summed E-state index contributed by atoms with van der Waals surface area (Å²) in [6.45, 7) is 2.07. The number of anilines is 1. The number of nitrogen functional groups attached to an aromatic ring is 1. The lowest BCUT2D eigenvalue weighted by Crippen LogP contribution is -2.07. The molecule has 0 amide bonds. The van der Waals surface area contributed by atoms with E-state index in [1.165, 1.54) is 0 Å². The number of nitrogens with two attached hydrogens (primary N) is 1. The van der Waals surface area contributed by atoms with Gasteiger partial charge in [0.2, 0.25) is 0 Å². The lowest BCUT2D eigenvalue weighted by Gasteiger charge is -2.07. The fourth-order valence-corrected chi connectivity index (χ4v) is 1.94. The molecule has 92 valence electrons. The summed E-state index contributed by atoms with van der Waals surface area (Å²) >= 11 is 0. The van der Waals surface area contributed by atoms with Gasteiger partial charge in [-0.15, -0.1) is 0 Å². The monoisotopic (exact) mass is 239 g/mol. The smallest absolute Gasteiger partial charge is 0.169 e. The Labute approximate surface area is 107 Å². The first kappa shape index (κ1) is 12.4. The van der Waals surface area contributed by atoms with Crippen LogP contribution < -0.4 is 5.73 Å². The summed E-state index contributed by atoms with van der Waals surface area (Å²) in [6.07, 6.45) is 1.31. The van der Waals surface area contributed by atoms with Crippen molar-refractivity contribution in [2.24, 2.45) is 0 Å². The highest BCUT2D eigenvalue weighted by molar-refractivity contribution is 6.02. The van der Waals surface area contributed by atoms with E-state index >= 15 is 0 Å². The third kappa shape index (κ3) is 2.77. The zero-order chi connectivity index (χ0) is 13.0. The van der Waals surface area contributed by atoms with Gasteiger partial charge in [-0.05, 0) is 29.7 Å². The minimum absolute atomic E-state index is 0.0778. The second-order valence-electron chi connectivity index (χ2n) is 4.36. The number of aryl methyl sites for hydroxylation is 1. The minimum Gasteiger partial charge on any atom is -0.398 e. The highest BCUT2D eigenvalue weighted by atomic mass is 16.1. The highest BCUT2D eigenvalue weighted by Gasteiger charge is 2.11. The van der Waals surface area contributed by atoms with E-state index in [1.54, 1.807) is 0 Å². The van der Waals surface area contributed by atoms with Crippen LogP contribution in [0.5, 0.6) is 0 Å². The number of carbonyl (C=O) groups excluding carboxylic acids is 1. The first-order chi connectivity index (χ1) is 8.70. The molecule has 0 aliphatic rings. The number of rotatable bonds is 4. The van der Waals surface area contributed by atoms with Crippen LogP contribution in [0.2, 0.25) is 0 Å². The van der Waals surface area contributed by atoms with E-state index < -0.39 is 0 Å². The van der Waals surface area contributed by atoms with Crippen LogP contribution in [0.25, 0.3) is 0 Å². The molecule has 2 N–H and O–H groups in total. The first-order valence-electron chi connectivity index (χ1n) is 6.16. The molecule has 0 spiro atoms. The van der Waals surface area contributed by atoms with Crippen molar-refractivity contribution in [2.75, 3.05) is 5.73 Å². The maximum Gasteiger partial charge on any atom is 0.169 e. The van der Waals surface area contributed by atoms with Crippen LogP contribution in [0.1, 0.15) is 28.4 Å². The number of carbonyl (C=O) groups is 1. The van der Waals surface area contributed by atoms with Gasteiger partial charge in [0.1, 0.15) is 0 Å². The molecule has 2 nitrogen and oxygen atoms in total. The van der Waals surface area contributed by atoms with Crippen LogP contribution in [0, 0.1) is 0 Å². The van der Waals surface area contributed by atoms with E-state index in [-0.39, 0.29) is 5.78 Å². The quantitative estimate of drug-likeness (QED) is 0.657. The molecule has 0 aromatic heterocycles. The molecule has 0 saturated carbocycles. The minimum atomic E-state index is 0.0778. The number of hydrogen-bond acceptors (Lipinski definition) is 2. The summed E-state index contributed by atoms with van der Waals surface area (Å²) in [7, 11) is 0. The van der Waals surface area contributed by atoms with E-state index in [0.29, 0.717) is 17.7 Å². The molecular formula is C16H17NO. The second kappa shape index (κ2) is 5.50. The molecule has 2 rings (SSSR count). The summed E-state index contributed by atoms with van der Waals surface area (Å²) in [5.74, 6) is 0.0778. The zero-order valence-corrected chi connectivity index (χ0v) is 10.5. The van der Waals surface area contributed by atoms with Crippen LogP contribution in [-0.4, -0.2) is 5.78 Å². The zero-order valence-electron chi connectivity index (χ0n) is 10.5. The summed E-state index contributed by atoms with van der Waals surface area (Å²) in [5, 5.41) is 0. The number of ketones is 1. The Morgan fingerprint density at radius 3 is 2.44 bits per heavy atom. The van der Waals surface area contributed by atoms with Crippen molar-refractivity contribution >= 4 is 11.5 Å². The predicted octanol–water partition coefficient (Wildman–Crippen LogP) is 3.26. The van der Waals surface area contributed by atoms with E-state index in [2.05, 4.69) is 6.92 Å². The lowest BCUT2D eigenvalue weighted by molar-refractivity contribution is 0.0994. The van der Waals surface area contributed by atoms with Crippen molar-refractivity contribution in [3.8, 4) is 0 Å². The van der Waals surface area contributed by atoms with Crippen LogP contribution in [0.4, 0.5) is 5.69 Å². The average molecular weight is 239 g/mol. The normalized spacial score (nSPS) is 10.3. The number of Topliss-reactive ketones (excluding diaryl/α,β-unsaturated/α-hetero) is 1. The molecular weight excluding hydrogens is 222 g/mol. The summed E-state index contributed by atoms with van der Waals surface area (Å²) in [6, 6.07) is 15.4. The summed E-state index contributed by atoms with van der Waals surface area (Å²) in [5.41, 5.74) is 9.24. The predicted molar refractivity (Wildman–Crippen MR) is 74.7 cm³/mol. The Morgan fingerprint density at radius 2 is 1.78 bits per heavy atom. The molecule has 18 heavy (non-hydrogen) atoms. The van der Waals surface area contributed by atoms with Gasteiger partial charge in [0, 0.05) is 17.7 Å². The molecule has 0 aliphatic heterocycles. The van der Waals surface area contributed by atoms with Gasteiger partial charge in [-0.2, -0.15) is 0 Å². The number of hydrogen-bond donors (Lipinski definition) is 1. The third-order valence-electron chi connectivity index (χ3n) is 3.03. The molecule has 2 aromatic rings. The Hall–Kier alpha value is -2.09. The van der Waals surface area contributed by atoms with Crippen molar-refractivity contribution in [3.05, 3.63) is 65.2 Å².